The van der Waals surface area contributed by atoms with Gasteiger partial charge in [0.2, 0.25) is 23.6 Å². The van der Waals surface area contributed by atoms with Crippen LogP contribution in [0.5, 0.6) is 0 Å². The molecule has 0 spiro atoms. The van der Waals surface area contributed by atoms with Crippen LogP contribution < -0.4 is 26.2 Å². The van der Waals surface area contributed by atoms with Gasteiger partial charge in [0.1, 0.15) is 101 Å². The first kappa shape index (κ1) is 91.0. The lowest BCUT2D eigenvalue weighted by Gasteiger charge is -2.50. The smallest absolute Gasteiger partial charge is 0.311 e. The number of aromatic nitrogens is 3. The van der Waals surface area contributed by atoms with Crippen LogP contribution in [0, 0.1) is 5.41 Å². The van der Waals surface area contributed by atoms with Gasteiger partial charge in [-0.15, -0.1) is 16.9 Å². The van der Waals surface area contributed by atoms with Crippen LogP contribution in [0.15, 0.2) is 48.5 Å². The average Bonchev–Trinajstić information content (AvgIpc) is 1.71. The van der Waals surface area contributed by atoms with Gasteiger partial charge >= 0.3 is 5.97 Å². The Morgan fingerprint density at radius 2 is 1.23 bits per heavy atom. The molecule has 5 amide bonds. The molecule has 8 rings (SSSR count). The van der Waals surface area contributed by atoms with Gasteiger partial charge in [-0.1, -0.05) is 136 Å². The number of aliphatic hydroxyl groups is 9. The summed E-state index contributed by atoms with van der Waals surface area (Å²) in [5.74, 6) is -2.71. The molecular weight excluding hydrogens is 1510 g/mol. The summed E-state index contributed by atoms with van der Waals surface area (Å²) in [4.78, 5) is 83.7. The highest BCUT2D eigenvalue weighted by molar-refractivity contribution is 8.47. The highest BCUT2D eigenvalue weighted by Crippen LogP contribution is 2.43. The summed E-state index contributed by atoms with van der Waals surface area (Å²) in [7, 11) is 2.34. The zero-order chi connectivity index (χ0) is 80.8. The fraction of sp³-hybridized carbons (Fsp3) is 0.716. The number of methoxy groups -OCH3 is 2. The number of hydrogen-bond acceptors (Lipinski definition) is 31. The zero-order valence-corrected chi connectivity index (χ0v) is 66.6. The zero-order valence-electron chi connectivity index (χ0n) is 64.1. The summed E-state index contributed by atoms with van der Waals surface area (Å²) < 4.78 is 66.2. The lowest BCUT2D eigenvalue weighted by atomic mass is 9.87. The number of unbranched alkanes of at least 4 members (excludes halogenated alkanes) is 9. The Bertz CT molecular complexity index is 3500. The molecule has 0 aliphatic carbocycles. The second-order valence-corrected chi connectivity index (χ2v) is 32.5. The third kappa shape index (κ3) is 24.1. The van der Waals surface area contributed by atoms with Crippen molar-refractivity contribution in [2.45, 2.75) is 279 Å². The van der Waals surface area contributed by atoms with Crippen LogP contribution in [0.25, 0.3) is 22.5 Å². The molecule has 0 saturated carbocycles. The Morgan fingerprint density at radius 1 is 0.667 bits per heavy atom. The molecule has 0 bridgehead atoms. The number of anilines is 1. The molecule has 3 aromatic rings. The molecule has 5 aliphatic heterocycles. The summed E-state index contributed by atoms with van der Waals surface area (Å²) in [6.07, 6.45) is -20.8. The summed E-state index contributed by atoms with van der Waals surface area (Å²) in [6.45, 7) is 8.77. The van der Waals surface area contributed by atoms with Gasteiger partial charge < -0.3 is 124 Å². The maximum atomic E-state index is 14.8. The molecule has 111 heavy (non-hydrogen) atoms. The number of nitrogens with one attached hydrogen (secondary N) is 4. The maximum Gasteiger partial charge on any atom is 0.311 e. The van der Waals surface area contributed by atoms with E-state index >= 15 is 0 Å². The number of aliphatic hydroxyl groups excluding tert-OH is 9. The summed E-state index contributed by atoms with van der Waals surface area (Å²) in [5.41, 5.74) is 2.52. The summed E-state index contributed by atoms with van der Waals surface area (Å²) in [5, 5.41) is 120. The number of para-hydroxylation sites is 1. The van der Waals surface area contributed by atoms with E-state index in [1.807, 2.05) is 44.2 Å². The number of carbonyl (C=O) groups is 6. The molecule has 34 nitrogen and oxygen atoms in total. The topological polar surface area (TPSA) is 468 Å². The minimum Gasteiger partial charge on any atom is -0.465 e. The number of hydrogen-bond donors (Lipinski definition) is 13. The number of nitrogens with zero attached hydrogens (tertiary/aromatic N) is 4. The Hall–Kier alpha value is -5.57. The van der Waals surface area contributed by atoms with Gasteiger partial charge in [0.25, 0.3) is 5.91 Å². The van der Waals surface area contributed by atoms with Crippen molar-refractivity contribution in [3.8, 4) is 22.5 Å². The van der Waals surface area contributed by atoms with Crippen LogP contribution in [0.2, 0.25) is 0 Å². The third-order valence-corrected chi connectivity index (χ3v) is 22.6. The predicted octanol–water partition coefficient (Wildman–Crippen LogP) is 1.68. The number of fused-ring (bicyclic) bond motifs is 5. The fourth-order valence-electron chi connectivity index (χ4n) is 14.0. The molecule has 21 atom stereocenters. The Balaban J connectivity index is 0.911. The van der Waals surface area contributed by atoms with E-state index in [1.165, 1.54) is 70.2 Å². The van der Waals surface area contributed by atoms with Crippen molar-refractivity contribution in [2.75, 3.05) is 58.0 Å². The van der Waals surface area contributed by atoms with Gasteiger partial charge in [-0.05, 0) is 57.9 Å². The van der Waals surface area contributed by atoms with Crippen molar-refractivity contribution in [1.82, 2.24) is 36.3 Å². The molecule has 37 heteroatoms. The first-order valence-corrected chi connectivity index (χ1v) is 40.1. The largest absolute Gasteiger partial charge is 0.465 e. The molecule has 13 N–H and O–H groups in total. The SMILES string of the molecule is CCCCCCCCCCCCSC(=S)SC(CC(C)(C)C(=O)OCCCn1nnc2c1-c1ccccc1N(C(=O)CCNC(=O)C1O[C@@H](O[C@@H]3C(NC(C)=O)[C@H](O[C@@H]4C(OCO)OC(O[C@H]5[C@H](O)C(CO)OC(OC)[C@H]5NC(C)=O)[C@@H](O)[C@H]4O)OC(CO)[C@H]3O)C(O)[C@@H](O)[C@@H]1OC)Cc1ccccc1-2)C(=O)NC(C)C. The monoisotopic (exact) mass is 1620 g/mol. The van der Waals surface area contributed by atoms with Gasteiger partial charge in [-0.25, -0.2) is 4.68 Å². The molecule has 0 radical (unpaired) electrons. The van der Waals surface area contributed by atoms with Gasteiger partial charge in [-0.3, -0.25) is 28.8 Å². The van der Waals surface area contributed by atoms with Crippen LogP contribution in [0.4, 0.5) is 5.69 Å². The Labute approximate surface area is 659 Å². The third-order valence-electron chi connectivity index (χ3n) is 19.8. The molecule has 5 aliphatic rings. The van der Waals surface area contributed by atoms with Gasteiger partial charge in [-0.2, -0.15) is 0 Å². The van der Waals surface area contributed by atoms with E-state index in [1.54, 1.807) is 53.4 Å². The van der Waals surface area contributed by atoms with E-state index in [4.69, 9.17) is 64.3 Å². The van der Waals surface area contributed by atoms with Crippen LogP contribution >= 0.6 is 35.7 Å². The van der Waals surface area contributed by atoms with Crippen LogP contribution in [0.1, 0.15) is 138 Å². The quantitative estimate of drug-likeness (QED) is 0.0167. The number of rotatable bonds is 39. The van der Waals surface area contributed by atoms with Crippen molar-refractivity contribution in [3.63, 3.8) is 0 Å². The van der Waals surface area contributed by atoms with Crippen molar-refractivity contribution in [1.29, 1.82) is 0 Å². The number of benzene rings is 2. The standard InChI is InChI=1S/C74H112N8O26S3/c1-10-11-12-13-14-15-16-17-18-23-33-110-73(109)111-48(65(95)76-39(2)3)34-74(6,7)72(97)100-32-24-31-82-53-44-27-21-22-28-45(44)81(35-42-25-19-20-26-43(42)50(53)79-80-82)49(88)29-30-75-66(96)64-62(98-8)56(91)58(93)69(107-64)104-61-52(78-41(5)87)68(103-47(37-84)55(61)90)106-63-57(92)59(94)70(108-71(63)101-38-85)105-60-51(77-40(4)86)67(99-9)102-46(36-83)54(60)89/h19-22,25-28,39,46-48,51-52,54-64,67-71,83-85,89-94H,10-18,23-24,29-38H2,1-9H3,(H,75,96)(H,76,95)(H,77,86)(H,78,87)/t46?,47?,48?,51-,52?,54+,55+,56+,57+,58?,59-,60+,61+,62-,63-,64?,67?,68-,69+,70?,71?/m0/s1. The predicted molar refractivity (Wildman–Crippen MR) is 406 cm³/mol. The van der Waals surface area contributed by atoms with Crippen LogP contribution in [-0.4, -0.2) is 287 Å². The number of carbonyl (C=O) groups excluding carboxylic acids is 6. The van der Waals surface area contributed by atoms with Crippen molar-refractivity contribution in [3.05, 3.63) is 54.1 Å². The second-order valence-electron chi connectivity index (χ2n) is 29.0. The minimum atomic E-state index is -2.16. The number of amides is 5. The number of ether oxygens (including phenoxy) is 11. The highest BCUT2D eigenvalue weighted by Gasteiger charge is 2.57. The maximum absolute atomic E-state index is 14.8. The number of aryl methyl sites for hydroxylation is 1. The highest BCUT2D eigenvalue weighted by atomic mass is 32.2. The number of thioether (sulfide) groups is 2. The lowest BCUT2D eigenvalue weighted by molar-refractivity contribution is -0.403. The molecule has 9 unspecified atom stereocenters. The Morgan fingerprint density at radius 3 is 1.83 bits per heavy atom. The number of esters is 1. The number of thiocarbonyl (C=S) groups is 1. The van der Waals surface area contributed by atoms with E-state index in [0.717, 1.165) is 39.6 Å². The van der Waals surface area contributed by atoms with Gasteiger partial charge in [0.15, 0.2) is 37.6 Å². The first-order chi connectivity index (χ1) is 53.1. The van der Waals surface area contributed by atoms with Crippen LogP contribution in [0.3, 0.4) is 0 Å². The van der Waals surface area contributed by atoms with E-state index in [0.29, 0.717) is 43.7 Å². The van der Waals surface area contributed by atoms with E-state index in [2.05, 4.69) is 38.5 Å². The molecule has 622 valence electrons. The van der Waals surface area contributed by atoms with Gasteiger partial charge in [0.05, 0.1) is 48.4 Å². The molecular formula is C74H112N8O26S3. The lowest BCUT2D eigenvalue weighted by Crippen LogP contribution is -2.70. The van der Waals surface area contributed by atoms with E-state index in [9.17, 15) is 74.7 Å². The molecule has 4 fully saturated rings. The van der Waals surface area contributed by atoms with Crippen molar-refractivity contribution < 1.29 is 127 Å². The molecule has 4 saturated heterocycles. The second kappa shape index (κ2) is 44.0. The molecule has 6 heterocycles. The summed E-state index contributed by atoms with van der Waals surface area (Å²) in [6, 6.07) is 11.4. The van der Waals surface area contributed by atoms with Crippen molar-refractivity contribution >= 4 is 80.5 Å². The average molecular weight is 1630 g/mol. The van der Waals surface area contributed by atoms with E-state index in [-0.39, 0.29) is 51.0 Å². The minimum absolute atomic E-state index is 0.00183. The first-order valence-electron chi connectivity index (χ1n) is 37.8. The summed E-state index contributed by atoms with van der Waals surface area (Å²) >= 11 is 8.67. The fourth-order valence-corrected chi connectivity index (χ4v) is 16.9. The van der Waals surface area contributed by atoms with Gasteiger partial charge in [0, 0.05) is 71.2 Å². The van der Waals surface area contributed by atoms with E-state index < -0.39 is 183 Å². The molecule has 1 aromatic heterocycles. The Kier molecular flexibility index (Phi) is 36.0. The van der Waals surface area contributed by atoms with Crippen LogP contribution in [-0.2, 0) is 94.0 Å². The molecule has 2 aromatic carbocycles. The van der Waals surface area contributed by atoms with Crippen molar-refractivity contribution in [2.24, 2.45) is 5.41 Å². The normalized spacial score (nSPS) is 29.0.